The van der Waals surface area contributed by atoms with Gasteiger partial charge in [0.1, 0.15) is 12.7 Å². The van der Waals surface area contributed by atoms with Crippen molar-refractivity contribution in [3.8, 4) is 5.95 Å². The van der Waals surface area contributed by atoms with E-state index >= 15 is 0 Å². The van der Waals surface area contributed by atoms with Gasteiger partial charge in [0.2, 0.25) is 17.8 Å². The summed E-state index contributed by atoms with van der Waals surface area (Å²) in [6.07, 6.45) is 2.89. The van der Waals surface area contributed by atoms with Crippen LogP contribution in [0.25, 0.3) is 5.95 Å². The highest BCUT2D eigenvalue weighted by molar-refractivity contribution is 5.80. The fourth-order valence-corrected chi connectivity index (χ4v) is 1.60. The number of hydrogen-bond donors (Lipinski definition) is 2. The SMILES string of the molecule is CCN(CC(=O)NC)c1nc(NC)nc(-n2cncn2)n1. The Morgan fingerprint density at radius 2 is 2.14 bits per heavy atom. The molecule has 112 valence electrons. The van der Waals surface area contributed by atoms with E-state index in [4.69, 9.17) is 0 Å². The Kier molecular flexibility index (Phi) is 4.59. The molecule has 2 heterocycles. The maximum Gasteiger partial charge on any atom is 0.258 e. The molecule has 10 heteroatoms. The van der Waals surface area contributed by atoms with Gasteiger partial charge in [-0.25, -0.2) is 4.98 Å². The van der Waals surface area contributed by atoms with Crippen molar-refractivity contribution in [3.63, 3.8) is 0 Å². The number of hydrogen-bond acceptors (Lipinski definition) is 8. The van der Waals surface area contributed by atoms with Crippen LogP contribution in [0, 0.1) is 0 Å². The Morgan fingerprint density at radius 1 is 1.33 bits per heavy atom. The van der Waals surface area contributed by atoms with Crippen LogP contribution >= 0.6 is 0 Å². The lowest BCUT2D eigenvalue weighted by Gasteiger charge is -2.20. The first-order chi connectivity index (χ1) is 10.2. The number of amides is 1. The van der Waals surface area contributed by atoms with E-state index in [0.29, 0.717) is 24.4 Å². The van der Waals surface area contributed by atoms with E-state index in [1.54, 1.807) is 19.0 Å². The van der Waals surface area contributed by atoms with E-state index in [1.807, 2.05) is 6.92 Å². The summed E-state index contributed by atoms with van der Waals surface area (Å²) >= 11 is 0. The lowest BCUT2D eigenvalue weighted by molar-refractivity contribution is -0.119. The molecule has 2 aromatic rings. The fourth-order valence-electron chi connectivity index (χ4n) is 1.60. The molecule has 0 atom stereocenters. The van der Waals surface area contributed by atoms with Gasteiger partial charge < -0.3 is 15.5 Å². The molecule has 2 aromatic heterocycles. The molecular formula is C11H17N9O. The number of aromatic nitrogens is 6. The van der Waals surface area contributed by atoms with Gasteiger partial charge in [-0.3, -0.25) is 4.79 Å². The van der Waals surface area contributed by atoms with Crippen molar-refractivity contribution in [2.75, 3.05) is 37.4 Å². The van der Waals surface area contributed by atoms with Crippen molar-refractivity contribution >= 4 is 17.8 Å². The largest absolute Gasteiger partial charge is 0.358 e. The molecule has 0 fully saturated rings. The highest BCUT2D eigenvalue weighted by atomic mass is 16.1. The molecule has 0 bridgehead atoms. The van der Waals surface area contributed by atoms with E-state index in [9.17, 15) is 4.79 Å². The highest BCUT2D eigenvalue weighted by Crippen LogP contribution is 2.12. The average Bonchev–Trinajstić information content (AvgIpc) is 3.06. The molecule has 0 aliphatic rings. The topological polar surface area (TPSA) is 114 Å². The number of anilines is 2. The Morgan fingerprint density at radius 3 is 2.71 bits per heavy atom. The molecule has 1 amide bonds. The third-order valence-corrected chi connectivity index (χ3v) is 2.74. The number of nitrogens with one attached hydrogen (secondary N) is 2. The number of likely N-dealkylation sites (N-methyl/N-ethyl adjacent to an activating group) is 2. The molecule has 0 saturated carbocycles. The molecule has 0 aliphatic carbocycles. The van der Waals surface area contributed by atoms with Crippen molar-refractivity contribution in [2.45, 2.75) is 6.92 Å². The number of rotatable bonds is 6. The first kappa shape index (κ1) is 14.6. The third-order valence-electron chi connectivity index (χ3n) is 2.74. The summed E-state index contributed by atoms with van der Waals surface area (Å²) in [7, 11) is 3.29. The van der Waals surface area contributed by atoms with Gasteiger partial charge in [0.05, 0.1) is 6.54 Å². The van der Waals surface area contributed by atoms with Crippen molar-refractivity contribution < 1.29 is 4.79 Å². The first-order valence-electron chi connectivity index (χ1n) is 6.42. The van der Waals surface area contributed by atoms with Crippen LogP contribution in [0.5, 0.6) is 0 Å². The van der Waals surface area contributed by atoms with E-state index in [2.05, 4.69) is 35.7 Å². The van der Waals surface area contributed by atoms with E-state index in [1.165, 1.54) is 17.3 Å². The number of carbonyl (C=O) groups excluding carboxylic acids is 1. The molecule has 21 heavy (non-hydrogen) atoms. The van der Waals surface area contributed by atoms with E-state index in [0.717, 1.165) is 0 Å². The summed E-state index contributed by atoms with van der Waals surface area (Å²) in [4.78, 5) is 30.0. The van der Waals surface area contributed by atoms with Crippen LogP contribution in [0.3, 0.4) is 0 Å². The maximum atomic E-state index is 11.6. The molecule has 0 spiro atoms. The van der Waals surface area contributed by atoms with Crippen LogP contribution in [-0.2, 0) is 4.79 Å². The Bertz CT molecular complexity index is 598. The predicted molar refractivity (Wildman–Crippen MR) is 76.2 cm³/mol. The molecule has 2 N–H and O–H groups in total. The summed E-state index contributed by atoms with van der Waals surface area (Å²) in [6.45, 7) is 2.66. The van der Waals surface area contributed by atoms with Gasteiger partial charge >= 0.3 is 0 Å². The summed E-state index contributed by atoms with van der Waals surface area (Å²) in [5.41, 5.74) is 0. The first-order valence-corrected chi connectivity index (χ1v) is 6.42. The van der Waals surface area contributed by atoms with E-state index < -0.39 is 0 Å². The van der Waals surface area contributed by atoms with Crippen LogP contribution in [0.4, 0.5) is 11.9 Å². The van der Waals surface area contributed by atoms with Gasteiger partial charge in [0.25, 0.3) is 5.95 Å². The van der Waals surface area contributed by atoms with Crippen LogP contribution in [0.1, 0.15) is 6.92 Å². The van der Waals surface area contributed by atoms with Crippen LogP contribution in [0.2, 0.25) is 0 Å². The van der Waals surface area contributed by atoms with Crippen LogP contribution in [-0.4, -0.2) is 62.8 Å². The van der Waals surface area contributed by atoms with Crippen molar-refractivity contribution in [1.29, 1.82) is 0 Å². The molecule has 10 nitrogen and oxygen atoms in total. The van der Waals surface area contributed by atoms with Gasteiger partial charge in [-0.2, -0.15) is 24.7 Å². The summed E-state index contributed by atoms with van der Waals surface area (Å²) < 4.78 is 1.43. The summed E-state index contributed by atoms with van der Waals surface area (Å²) in [5.74, 6) is 0.995. The smallest absolute Gasteiger partial charge is 0.258 e. The standard InChI is InChI=1S/C11H17N9O/c1-4-19(5-8(21)12-2)10-16-9(13-3)17-11(18-10)20-7-14-6-15-20/h6-7H,4-5H2,1-3H3,(H,12,21)(H,13,16,17,18). The number of nitrogens with zero attached hydrogens (tertiary/aromatic N) is 7. The minimum absolute atomic E-state index is 0.120. The Labute approximate surface area is 121 Å². The number of carbonyl (C=O) groups is 1. The minimum atomic E-state index is -0.120. The van der Waals surface area contributed by atoms with Gasteiger partial charge in [0.15, 0.2) is 0 Å². The summed E-state index contributed by atoms with van der Waals surface area (Å²) in [5, 5.41) is 9.43. The lowest BCUT2D eigenvalue weighted by Crippen LogP contribution is -2.36. The highest BCUT2D eigenvalue weighted by Gasteiger charge is 2.15. The van der Waals surface area contributed by atoms with Gasteiger partial charge in [-0.15, -0.1) is 0 Å². The minimum Gasteiger partial charge on any atom is -0.358 e. The Balaban J connectivity index is 2.37. The average molecular weight is 291 g/mol. The molecule has 0 radical (unpaired) electrons. The second kappa shape index (κ2) is 6.59. The molecule has 0 saturated heterocycles. The zero-order valence-electron chi connectivity index (χ0n) is 12.1. The monoisotopic (exact) mass is 291 g/mol. The van der Waals surface area contributed by atoms with E-state index in [-0.39, 0.29) is 12.5 Å². The van der Waals surface area contributed by atoms with Gasteiger partial charge in [-0.1, -0.05) is 0 Å². The molecule has 0 aromatic carbocycles. The lowest BCUT2D eigenvalue weighted by atomic mass is 10.5. The maximum absolute atomic E-state index is 11.6. The zero-order valence-corrected chi connectivity index (χ0v) is 12.1. The molecule has 0 unspecified atom stereocenters. The molecule has 2 rings (SSSR count). The van der Waals surface area contributed by atoms with Gasteiger partial charge in [0, 0.05) is 20.6 Å². The van der Waals surface area contributed by atoms with Crippen LogP contribution in [0.15, 0.2) is 12.7 Å². The second-order valence-electron chi connectivity index (χ2n) is 4.04. The van der Waals surface area contributed by atoms with Crippen molar-refractivity contribution in [1.82, 2.24) is 35.0 Å². The zero-order chi connectivity index (χ0) is 15.2. The Hall–Kier alpha value is -2.78. The van der Waals surface area contributed by atoms with Crippen molar-refractivity contribution in [2.24, 2.45) is 0 Å². The van der Waals surface area contributed by atoms with Gasteiger partial charge in [-0.05, 0) is 6.92 Å². The molecular weight excluding hydrogens is 274 g/mol. The normalized spacial score (nSPS) is 10.2. The van der Waals surface area contributed by atoms with Crippen molar-refractivity contribution in [3.05, 3.63) is 12.7 Å². The predicted octanol–water partition coefficient (Wildman–Crippen LogP) is -0.934. The third kappa shape index (κ3) is 3.41. The molecule has 0 aliphatic heterocycles. The fraction of sp³-hybridized carbons (Fsp3) is 0.455. The quantitative estimate of drug-likeness (QED) is 0.701. The second-order valence-corrected chi connectivity index (χ2v) is 4.04. The summed E-state index contributed by atoms with van der Waals surface area (Å²) in [6, 6.07) is 0. The van der Waals surface area contributed by atoms with Crippen LogP contribution < -0.4 is 15.5 Å².